The first-order valence-corrected chi connectivity index (χ1v) is 7.22. The quantitative estimate of drug-likeness (QED) is 0.841. The zero-order chi connectivity index (χ0) is 13.8. The first-order valence-electron chi connectivity index (χ1n) is 7.22. The molecule has 0 radical (unpaired) electrons. The number of carbonyl (C=O) groups is 1. The third-order valence-corrected chi connectivity index (χ3v) is 3.88. The van der Waals surface area contributed by atoms with Gasteiger partial charge in [-0.1, -0.05) is 42.5 Å². The van der Waals surface area contributed by atoms with E-state index in [1.807, 2.05) is 24.3 Å². The van der Waals surface area contributed by atoms with Crippen LogP contribution in [0.1, 0.15) is 33.5 Å². The van der Waals surface area contributed by atoms with Gasteiger partial charge in [-0.15, -0.1) is 0 Å². The lowest BCUT2D eigenvalue weighted by molar-refractivity contribution is 0.0990. The second-order valence-corrected chi connectivity index (χ2v) is 5.35. The van der Waals surface area contributed by atoms with Crippen LogP contribution in [-0.2, 0) is 19.4 Å². The number of rotatable bonds is 5. The summed E-state index contributed by atoms with van der Waals surface area (Å²) < 4.78 is 0. The largest absolute Gasteiger partial charge is 0.306 e. The van der Waals surface area contributed by atoms with Crippen molar-refractivity contribution in [2.24, 2.45) is 0 Å². The van der Waals surface area contributed by atoms with Crippen molar-refractivity contribution in [3.05, 3.63) is 70.8 Å². The summed E-state index contributed by atoms with van der Waals surface area (Å²) in [5.74, 6) is 0.177. The molecule has 102 valence electrons. The lowest BCUT2D eigenvalue weighted by Crippen LogP contribution is -2.22. The van der Waals surface area contributed by atoms with Crippen LogP contribution in [-0.4, -0.2) is 12.3 Å². The van der Waals surface area contributed by atoms with Gasteiger partial charge < -0.3 is 5.32 Å². The molecular formula is C18H19NO. The molecule has 0 fully saturated rings. The number of ketones is 1. The molecule has 1 aliphatic carbocycles. The smallest absolute Gasteiger partial charge is 0.176 e. The molecule has 1 N–H and O–H groups in total. The van der Waals surface area contributed by atoms with E-state index >= 15 is 0 Å². The van der Waals surface area contributed by atoms with Gasteiger partial charge in [0, 0.05) is 12.1 Å². The van der Waals surface area contributed by atoms with E-state index in [0.29, 0.717) is 6.54 Å². The molecule has 2 heteroatoms. The maximum atomic E-state index is 12.2. The molecule has 0 unspecified atom stereocenters. The van der Waals surface area contributed by atoms with E-state index < -0.39 is 0 Å². The minimum Gasteiger partial charge on any atom is -0.306 e. The van der Waals surface area contributed by atoms with Gasteiger partial charge >= 0.3 is 0 Å². The Kier molecular flexibility index (Phi) is 3.93. The van der Waals surface area contributed by atoms with Crippen molar-refractivity contribution in [1.29, 1.82) is 0 Å². The minimum absolute atomic E-state index is 0.177. The molecule has 0 amide bonds. The summed E-state index contributed by atoms with van der Waals surface area (Å²) in [7, 11) is 0. The van der Waals surface area contributed by atoms with Crippen LogP contribution in [0.15, 0.2) is 48.5 Å². The zero-order valence-corrected chi connectivity index (χ0v) is 11.6. The van der Waals surface area contributed by atoms with E-state index in [2.05, 4.69) is 29.6 Å². The molecule has 2 aromatic rings. The zero-order valence-electron chi connectivity index (χ0n) is 11.6. The summed E-state index contributed by atoms with van der Waals surface area (Å²) in [5, 5.41) is 3.22. The highest BCUT2D eigenvalue weighted by molar-refractivity contribution is 5.97. The van der Waals surface area contributed by atoms with Gasteiger partial charge in [-0.05, 0) is 42.0 Å². The van der Waals surface area contributed by atoms with Crippen molar-refractivity contribution in [2.75, 3.05) is 6.54 Å². The molecule has 0 aromatic heterocycles. The summed E-state index contributed by atoms with van der Waals surface area (Å²) in [6, 6.07) is 16.3. The molecule has 0 aliphatic heterocycles. The molecule has 0 heterocycles. The number of fused-ring (bicyclic) bond motifs is 1. The van der Waals surface area contributed by atoms with Gasteiger partial charge in [0.15, 0.2) is 5.78 Å². The second-order valence-electron chi connectivity index (χ2n) is 5.35. The van der Waals surface area contributed by atoms with Crippen molar-refractivity contribution < 1.29 is 4.79 Å². The van der Waals surface area contributed by atoms with Crippen LogP contribution in [0.2, 0.25) is 0 Å². The number of nitrogens with one attached hydrogen (secondary N) is 1. The molecule has 2 nitrogen and oxygen atoms in total. The topological polar surface area (TPSA) is 29.1 Å². The molecule has 3 rings (SSSR count). The fraction of sp³-hybridized carbons (Fsp3) is 0.278. The van der Waals surface area contributed by atoms with E-state index in [1.54, 1.807) is 0 Å². The Hall–Kier alpha value is -1.93. The minimum atomic E-state index is 0.177. The number of benzene rings is 2. The van der Waals surface area contributed by atoms with Crippen LogP contribution in [0.5, 0.6) is 0 Å². The fourth-order valence-electron chi connectivity index (χ4n) is 2.76. The Balaban J connectivity index is 1.57. The van der Waals surface area contributed by atoms with Gasteiger partial charge in [0.05, 0.1) is 6.54 Å². The van der Waals surface area contributed by atoms with E-state index in [-0.39, 0.29) is 5.78 Å². The Morgan fingerprint density at radius 1 is 1.00 bits per heavy atom. The standard InChI is InChI=1S/C18H19NO/c20-18(13-19-12-14-5-2-1-3-6-14)17-10-9-15-7-4-8-16(15)11-17/h1-3,5-6,9-11,19H,4,7-8,12-13H2. The SMILES string of the molecule is O=C(CNCc1ccccc1)c1ccc2c(c1)CCC2. The first kappa shape index (κ1) is 13.1. The second kappa shape index (κ2) is 6.02. The van der Waals surface area contributed by atoms with Crippen LogP contribution in [0.25, 0.3) is 0 Å². The van der Waals surface area contributed by atoms with Crippen LogP contribution in [0, 0.1) is 0 Å². The number of aryl methyl sites for hydroxylation is 2. The van der Waals surface area contributed by atoms with Crippen LogP contribution < -0.4 is 5.32 Å². The highest BCUT2D eigenvalue weighted by atomic mass is 16.1. The number of hydrogen-bond acceptors (Lipinski definition) is 2. The number of Topliss-reactive ketones (excluding diaryl/α,β-unsaturated/α-hetero) is 1. The van der Waals surface area contributed by atoms with Crippen molar-refractivity contribution >= 4 is 5.78 Å². The molecule has 0 bridgehead atoms. The summed E-state index contributed by atoms with van der Waals surface area (Å²) in [5.41, 5.74) is 4.82. The van der Waals surface area contributed by atoms with Gasteiger partial charge in [-0.25, -0.2) is 0 Å². The van der Waals surface area contributed by atoms with E-state index in [4.69, 9.17) is 0 Å². The Morgan fingerprint density at radius 3 is 2.65 bits per heavy atom. The maximum Gasteiger partial charge on any atom is 0.176 e. The summed E-state index contributed by atoms with van der Waals surface area (Å²) in [4.78, 5) is 12.2. The van der Waals surface area contributed by atoms with Gasteiger partial charge in [-0.3, -0.25) is 4.79 Å². The molecule has 0 saturated heterocycles. The summed E-state index contributed by atoms with van der Waals surface area (Å²) >= 11 is 0. The lowest BCUT2D eigenvalue weighted by atomic mass is 10.0. The molecule has 20 heavy (non-hydrogen) atoms. The normalized spacial score (nSPS) is 13.2. The monoisotopic (exact) mass is 265 g/mol. The predicted molar refractivity (Wildman–Crippen MR) is 80.9 cm³/mol. The third-order valence-electron chi connectivity index (χ3n) is 3.88. The summed E-state index contributed by atoms with van der Waals surface area (Å²) in [6.45, 7) is 1.13. The van der Waals surface area contributed by atoms with Crippen molar-refractivity contribution in [1.82, 2.24) is 5.32 Å². The first-order chi connectivity index (χ1) is 9.83. The van der Waals surface area contributed by atoms with Crippen LogP contribution in [0.4, 0.5) is 0 Å². The van der Waals surface area contributed by atoms with Crippen LogP contribution >= 0.6 is 0 Å². The van der Waals surface area contributed by atoms with Crippen molar-refractivity contribution in [2.45, 2.75) is 25.8 Å². The van der Waals surface area contributed by atoms with E-state index in [0.717, 1.165) is 24.9 Å². The highest BCUT2D eigenvalue weighted by Gasteiger charge is 2.13. The Bertz CT molecular complexity index is 604. The molecule has 0 spiro atoms. The molecular weight excluding hydrogens is 246 g/mol. The van der Waals surface area contributed by atoms with E-state index in [9.17, 15) is 4.79 Å². The average Bonchev–Trinajstić information content (AvgIpc) is 2.95. The molecule has 0 atom stereocenters. The Labute approximate surface area is 119 Å². The predicted octanol–water partition coefficient (Wildman–Crippen LogP) is 3.15. The molecule has 2 aromatic carbocycles. The van der Waals surface area contributed by atoms with E-state index in [1.165, 1.54) is 23.1 Å². The highest BCUT2D eigenvalue weighted by Crippen LogP contribution is 2.22. The Morgan fingerprint density at radius 2 is 1.80 bits per heavy atom. The van der Waals surface area contributed by atoms with Crippen molar-refractivity contribution in [3.63, 3.8) is 0 Å². The average molecular weight is 265 g/mol. The van der Waals surface area contributed by atoms with Gasteiger partial charge in [-0.2, -0.15) is 0 Å². The maximum absolute atomic E-state index is 12.2. The molecule has 0 saturated carbocycles. The van der Waals surface area contributed by atoms with Gasteiger partial charge in [0.2, 0.25) is 0 Å². The lowest BCUT2D eigenvalue weighted by Gasteiger charge is -2.06. The summed E-state index contributed by atoms with van der Waals surface area (Å²) in [6.07, 6.45) is 3.50. The fourth-order valence-corrected chi connectivity index (χ4v) is 2.76. The number of hydrogen-bond donors (Lipinski definition) is 1. The van der Waals surface area contributed by atoms with Crippen molar-refractivity contribution in [3.8, 4) is 0 Å². The number of carbonyl (C=O) groups excluding carboxylic acids is 1. The molecule has 1 aliphatic rings. The van der Waals surface area contributed by atoms with Crippen LogP contribution in [0.3, 0.4) is 0 Å². The third kappa shape index (κ3) is 2.97. The van der Waals surface area contributed by atoms with Gasteiger partial charge in [0.1, 0.15) is 0 Å². The van der Waals surface area contributed by atoms with Gasteiger partial charge in [0.25, 0.3) is 0 Å².